The van der Waals surface area contributed by atoms with E-state index in [1.807, 2.05) is 0 Å². The molecule has 25 heavy (non-hydrogen) atoms. The lowest BCUT2D eigenvalue weighted by Crippen LogP contribution is -2.36. The first kappa shape index (κ1) is 17.6. The molecule has 0 atom stereocenters. The van der Waals surface area contributed by atoms with E-state index in [1.54, 1.807) is 47.4 Å². The smallest absolute Gasteiger partial charge is 0.236 e. The molecule has 0 saturated heterocycles. The molecular formula is C17H17ClN2O4S. The summed E-state index contributed by atoms with van der Waals surface area (Å²) in [7, 11) is -3.59. The predicted octanol–water partition coefficient (Wildman–Crippen LogP) is 3.03. The molecule has 0 fully saturated rings. The Labute approximate surface area is 151 Å². The summed E-state index contributed by atoms with van der Waals surface area (Å²) in [4.78, 5) is 13.3. The fraction of sp³-hybridized carbons (Fsp3) is 0.235. The molecule has 1 heterocycles. The number of ether oxygens (including phenoxy) is 1. The number of halogens is 1. The molecule has 0 radical (unpaired) electrons. The Morgan fingerprint density at radius 3 is 2.64 bits per heavy atom. The molecule has 0 bridgehead atoms. The fourth-order valence-corrected chi connectivity index (χ4v) is 3.94. The van der Waals surface area contributed by atoms with Crippen molar-refractivity contribution >= 4 is 38.9 Å². The zero-order valence-electron chi connectivity index (χ0n) is 13.5. The van der Waals surface area contributed by atoms with E-state index in [0.717, 1.165) is 0 Å². The third-order valence-corrected chi connectivity index (χ3v) is 5.26. The fourth-order valence-electron chi connectivity index (χ4n) is 2.63. The topological polar surface area (TPSA) is 75.7 Å². The second-order valence-corrected chi connectivity index (χ2v) is 7.85. The second-order valence-electron chi connectivity index (χ2n) is 5.69. The number of hydrogen-bond acceptors (Lipinski definition) is 4. The molecule has 1 amide bonds. The normalized spacial score (nSPS) is 13.8. The van der Waals surface area contributed by atoms with E-state index in [4.69, 9.17) is 16.3 Å². The van der Waals surface area contributed by atoms with Crippen LogP contribution in [0.1, 0.15) is 12.5 Å². The van der Waals surface area contributed by atoms with E-state index in [2.05, 4.69) is 4.72 Å². The first-order valence-corrected chi connectivity index (χ1v) is 9.67. The first-order valence-electron chi connectivity index (χ1n) is 7.64. The van der Waals surface area contributed by atoms with Crippen LogP contribution >= 0.6 is 11.6 Å². The van der Waals surface area contributed by atoms with Gasteiger partial charge in [0.15, 0.2) is 0 Å². The van der Waals surface area contributed by atoms with Crippen LogP contribution in [0.4, 0.5) is 11.4 Å². The molecule has 6 nitrogen and oxygen atoms in total. The predicted molar refractivity (Wildman–Crippen MR) is 97.7 cm³/mol. The molecular weight excluding hydrogens is 364 g/mol. The van der Waals surface area contributed by atoms with Crippen molar-refractivity contribution in [2.24, 2.45) is 0 Å². The molecule has 0 saturated carbocycles. The molecule has 8 heteroatoms. The Morgan fingerprint density at radius 2 is 1.96 bits per heavy atom. The van der Waals surface area contributed by atoms with Crippen LogP contribution in [-0.2, 0) is 20.6 Å². The van der Waals surface area contributed by atoms with E-state index < -0.39 is 10.0 Å². The van der Waals surface area contributed by atoms with E-state index in [0.29, 0.717) is 40.9 Å². The summed E-state index contributed by atoms with van der Waals surface area (Å²) >= 11 is 5.81. The molecule has 0 aromatic heterocycles. The minimum absolute atomic E-state index is 0.0828. The Kier molecular flexibility index (Phi) is 4.87. The molecule has 1 aliphatic rings. The van der Waals surface area contributed by atoms with E-state index in [9.17, 15) is 13.2 Å². The molecule has 0 spiro atoms. The highest BCUT2D eigenvalue weighted by molar-refractivity contribution is 7.91. The zero-order valence-corrected chi connectivity index (χ0v) is 15.1. The van der Waals surface area contributed by atoms with Crippen LogP contribution < -0.4 is 14.4 Å². The number of nitrogens with one attached hydrogen (secondary N) is 1. The highest BCUT2D eigenvalue weighted by atomic mass is 35.5. The lowest BCUT2D eigenvalue weighted by atomic mass is 10.2. The number of benzene rings is 2. The summed E-state index contributed by atoms with van der Waals surface area (Å²) in [5, 5.41) is 0.552. The molecule has 1 N–H and O–H groups in total. The van der Waals surface area contributed by atoms with Gasteiger partial charge in [-0.1, -0.05) is 23.7 Å². The Morgan fingerprint density at radius 1 is 1.24 bits per heavy atom. The summed E-state index contributed by atoms with van der Waals surface area (Å²) in [5.74, 6) is 0.232. The number of carbonyl (C=O) groups is 1. The molecule has 1 aliphatic heterocycles. The third kappa shape index (κ3) is 4.24. The lowest BCUT2D eigenvalue weighted by Gasteiger charge is -2.29. The van der Waals surface area contributed by atoms with Crippen LogP contribution in [-0.4, -0.2) is 27.5 Å². The quantitative estimate of drug-likeness (QED) is 0.884. The Hall–Kier alpha value is -2.25. The van der Waals surface area contributed by atoms with Crippen LogP contribution in [0.25, 0.3) is 0 Å². The number of rotatable bonds is 4. The second kappa shape index (κ2) is 6.93. The molecule has 3 rings (SSSR count). The number of amides is 1. The largest absolute Gasteiger partial charge is 0.489 e. The molecule has 0 unspecified atom stereocenters. The highest BCUT2D eigenvalue weighted by Crippen LogP contribution is 2.34. The van der Waals surface area contributed by atoms with Crippen molar-refractivity contribution < 1.29 is 17.9 Å². The molecule has 0 aliphatic carbocycles. The van der Waals surface area contributed by atoms with Gasteiger partial charge in [-0.3, -0.25) is 9.52 Å². The first-order chi connectivity index (χ1) is 11.8. The summed E-state index contributed by atoms with van der Waals surface area (Å²) < 4.78 is 32.8. The van der Waals surface area contributed by atoms with Crippen LogP contribution in [0, 0.1) is 0 Å². The van der Waals surface area contributed by atoms with Crippen molar-refractivity contribution in [2.75, 3.05) is 22.8 Å². The number of sulfonamides is 1. The summed E-state index contributed by atoms with van der Waals surface area (Å²) in [6, 6.07) is 11.5. The van der Waals surface area contributed by atoms with Gasteiger partial charge in [0, 0.05) is 18.0 Å². The number of hydrogen-bond donors (Lipinski definition) is 1. The lowest BCUT2D eigenvalue weighted by molar-refractivity contribution is -0.116. The number of carbonyl (C=O) groups excluding carboxylic acids is 1. The van der Waals surface area contributed by atoms with Gasteiger partial charge in [-0.25, -0.2) is 8.42 Å². The van der Waals surface area contributed by atoms with Crippen molar-refractivity contribution in [3.8, 4) is 5.75 Å². The van der Waals surface area contributed by atoms with Gasteiger partial charge in [-0.15, -0.1) is 0 Å². The average molecular weight is 381 g/mol. The summed E-state index contributed by atoms with van der Waals surface area (Å²) in [5.41, 5.74) is 1.66. The van der Waals surface area contributed by atoms with Gasteiger partial charge in [-0.05, 0) is 29.8 Å². The standard InChI is InChI=1S/C17H17ClN2O4S/c1-12(21)20-8-9-24-17-10-15(6-7-16(17)20)19-25(22,23)11-13-2-4-14(18)5-3-13/h2-7,10,19H,8-9,11H2,1H3. The van der Waals surface area contributed by atoms with Gasteiger partial charge in [-0.2, -0.15) is 0 Å². The van der Waals surface area contributed by atoms with Crippen LogP contribution in [0.15, 0.2) is 42.5 Å². The van der Waals surface area contributed by atoms with E-state index in [1.165, 1.54) is 6.92 Å². The van der Waals surface area contributed by atoms with E-state index >= 15 is 0 Å². The maximum absolute atomic E-state index is 12.3. The van der Waals surface area contributed by atoms with Gasteiger partial charge in [0.1, 0.15) is 12.4 Å². The number of anilines is 2. The Bertz CT molecular complexity index is 897. The van der Waals surface area contributed by atoms with Crippen molar-refractivity contribution in [3.05, 3.63) is 53.1 Å². The van der Waals surface area contributed by atoms with Crippen molar-refractivity contribution in [1.29, 1.82) is 0 Å². The Balaban J connectivity index is 1.78. The zero-order chi connectivity index (χ0) is 18.0. The van der Waals surface area contributed by atoms with Crippen molar-refractivity contribution in [1.82, 2.24) is 0 Å². The summed E-state index contributed by atoms with van der Waals surface area (Å²) in [6.45, 7) is 2.33. The van der Waals surface area contributed by atoms with Gasteiger partial charge >= 0.3 is 0 Å². The minimum atomic E-state index is -3.59. The number of nitrogens with zero attached hydrogens (tertiary/aromatic N) is 1. The minimum Gasteiger partial charge on any atom is -0.489 e. The summed E-state index contributed by atoms with van der Waals surface area (Å²) in [6.07, 6.45) is 0. The maximum Gasteiger partial charge on any atom is 0.236 e. The van der Waals surface area contributed by atoms with Gasteiger partial charge in [0.25, 0.3) is 0 Å². The van der Waals surface area contributed by atoms with Crippen LogP contribution in [0.3, 0.4) is 0 Å². The van der Waals surface area contributed by atoms with Gasteiger partial charge < -0.3 is 9.64 Å². The third-order valence-electron chi connectivity index (χ3n) is 3.75. The monoisotopic (exact) mass is 380 g/mol. The molecule has 2 aromatic carbocycles. The maximum atomic E-state index is 12.3. The van der Waals surface area contributed by atoms with Crippen LogP contribution in [0.5, 0.6) is 5.75 Å². The molecule has 2 aromatic rings. The van der Waals surface area contributed by atoms with Crippen molar-refractivity contribution in [2.45, 2.75) is 12.7 Å². The SMILES string of the molecule is CC(=O)N1CCOc2cc(NS(=O)(=O)Cc3ccc(Cl)cc3)ccc21. The van der Waals surface area contributed by atoms with Gasteiger partial charge in [0.05, 0.1) is 23.7 Å². The van der Waals surface area contributed by atoms with Crippen molar-refractivity contribution in [3.63, 3.8) is 0 Å². The van der Waals surface area contributed by atoms with Gasteiger partial charge in [0.2, 0.25) is 15.9 Å². The number of fused-ring (bicyclic) bond motifs is 1. The highest BCUT2D eigenvalue weighted by Gasteiger charge is 2.22. The van der Waals surface area contributed by atoms with E-state index in [-0.39, 0.29) is 11.7 Å². The molecule has 132 valence electrons. The average Bonchev–Trinajstić information content (AvgIpc) is 2.55. The van der Waals surface area contributed by atoms with Crippen LogP contribution in [0.2, 0.25) is 5.02 Å².